The van der Waals surface area contributed by atoms with Gasteiger partial charge in [0.2, 0.25) is 0 Å². The van der Waals surface area contributed by atoms with Crippen molar-refractivity contribution in [2.75, 3.05) is 0 Å². The molecular formula is C23H17N3O3S. The minimum absolute atomic E-state index is 0.335. The molecule has 0 bridgehead atoms. The molecule has 30 heavy (non-hydrogen) atoms. The van der Waals surface area contributed by atoms with Crippen LogP contribution in [0.25, 0.3) is 5.69 Å². The Labute approximate surface area is 177 Å². The molecule has 1 N–H and O–H groups in total. The van der Waals surface area contributed by atoms with Crippen molar-refractivity contribution < 1.29 is 14.3 Å². The van der Waals surface area contributed by atoms with Crippen LogP contribution in [0.15, 0.2) is 95.7 Å². The highest BCUT2D eigenvalue weighted by Crippen LogP contribution is 2.19. The fourth-order valence-corrected chi connectivity index (χ4v) is 3.34. The highest BCUT2D eigenvalue weighted by atomic mass is 32.1. The maximum atomic E-state index is 12.3. The molecule has 7 heteroatoms. The molecule has 0 saturated carbocycles. The number of thiophene rings is 1. The lowest BCUT2D eigenvalue weighted by Crippen LogP contribution is -2.17. The van der Waals surface area contributed by atoms with Gasteiger partial charge >= 0.3 is 5.97 Å². The van der Waals surface area contributed by atoms with Crippen molar-refractivity contribution in [1.29, 1.82) is 0 Å². The van der Waals surface area contributed by atoms with Crippen LogP contribution in [0, 0.1) is 0 Å². The summed E-state index contributed by atoms with van der Waals surface area (Å²) in [6, 6.07) is 21.5. The first-order chi connectivity index (χ1) is 14.7. The molecule has 0 spiro atoms. The summed E-state index contributed by atoms with van der Waals surface area (Å²) in [6.07, 6.45) is 5.31. The van der Waals surface area contributed by atoms with Crippen molar-refractivity contribution in [3.8, 4) is 11.4 Å². The fraction of sp³-hybridized carbons (Fsp3) is 0. The number of hydrogen-bond acceptors (Lipinski definition) is 5. The number of amides is 1. The van der Waals surface area contributed by atoms with Gasteiger partial charge in [-0.05, 0) is 60.0 Å². The van der Waals surface area contributed by atoms with Gasteiger partial charge in [-0.15, -0.1) is 11.3 Å². The first-order valence-corrected chi connectivity index (χ1v) is 10.0. The predicted molar refractivity (Wildman–Crippen MR) is 117 cm³/mol. The maximum Gasteiger partial charge on any atom is 0.353 e. The number of benzene rings is 2. The lowest BCUT2D eigenvalue weighted by atomic mass is 10.2. The van der Waals surface area contributed by atoms with Gasteiger partial charge < -0.3 is 9.30 Å². The van der Waals surface area contributed by atoms with Crippen LogP contribution < -0.4 is 10.2 Å². The van der Waals surface area contributed by atoms with Gasteiger partial charge in [-0.25, -0.2) is 10.2 Å². The molecule has 0 saturated heterocycles. The van der Waals surface area contributed by atoms with E-state index in [-0.39, 0.29) is 5.91 Å². The molecule has 4 aromatic rings. The second-order valence-electron chi connectivity index (χ2n) is 6.24. The SMILES string of the molecule is O=C(NN=Cc1ccccc1OC(=O)c1cccs1)c1ccc(-n2cccc2)cc1. The normalized spacial score (nSPS) is 10.8. The van der Waals surface area contributed by atoms with Crippen LogP contribution in [-0.2, 0) is 0 Å². The van der Waals surface area contributed by atoms with E-state index in [2.05, 4.69) is 10.5 Å². The zero-order chi connectivity index (χ0) is 20.8. The van der Waals surface area contributed by atoms with E-state index in [9.17, 15) is 9.59 Å². The molecule has 0 atom stereocenters. The first kappa shape index (κ1) is 19.4. The number of carbonyl (C=O) groups excluding carboxylic acids is 2. The standard InChI is InChI=1S/C23H17N3O3S/c27-22(17-9-11-19(12-10-17)26-13-3-4-14-26)25-24-16-18-6-1-2-7-20(18)29-23(28)21-8-5-15-30-21/h1-16H,(H,25,27). The van der Waals surface area contributed by atoms with E-state index in [0.29, 0.717) is 21.8 Å². The summed E-state index contributed by atoms with van der Waals surface area (Å²) >= 11 is 1.31. The van der Waals surface area contributed by atoms with Gasteiger partial charge in [0.05, 0.1) is 6.21 Å². The number of hydrogen-bond donors (Lipinski definition) is 1. The summed E-state index contributed by atoms with van der Waals surface area (Å²) in [6.45, 7) is 0. The topological polar surface area (TPSA) is 72.7 Å². The third-order valence-corrected chi connectivity index (χ3v) is 5.10. The summed E-state index contributed by atoms with van der Waals surface area (Å²) in [4.78, 5) is 25.0. The molecule has 0 aliphatic carbocycles. The van der Waals surface area contributed by atoms with Crippen LogP contribution >= 0.6 is 11.3 Å². The van der Waals surface area contributed by atoms with Crippen molar-refractivity contribution >= 4 is 29.4 Å². The van der Waals surface area contributed by atoms with Crippen molar-refractivity contribution in [2.24, 2.45) is 5.10 Å². The van der Waals surface area contributed by atoms with Gasteiger partial charge in [-0.1, -0.05) is 18.2 Å². The predicted octanol–water partition coefficient (Wildman–Crippen LogP) is 4.52. The zero-order valence-electron chi connectivity index (χ0n) is 15.8. The highest BCUT2D eigenvalue weighted by Gasteiger charge is 2.11. The van der Waals surface area contributed by atoms with E-state index in [1.54, 1.807) is 48.5 Å². The Morgan fingerprint density at radius 2 is 1.70 bits per heavy atom. The molecule has 2 aromatic carbocycles. The van der Waals surface area contributed by atoms with E-state index < -0.39 is 5.97 Å². The Morgan fingerprint density at radius 3 is 2.43 bits per heavy atom. The van der Waals surface area contributed by atoms with Gasteiger partial charge in [0.25, 0.3) is 5.91 Å². The Balaban J connectivity index is 1.41. The Hall–Kier alpha value is -3.97. The summed E-state index contributed by atoms with van der Waals surface area (Å²) < 4.78 is 7.40. The van der Waals surface area contributed by atoms with E-state index in [1.165, 1.54) is 17.6 Å². The lowest BCUT2D eigenvalue weighted by molar-refractivity contribution is 0.0739. The molecule has 0 unspecified atom stereocenters. The summed E-state index contributed by atoms with van der Waals surface area (Å²) in [5, 5.41) is 5.81. The third-order valence-electron chi connectivity index (χ3n) is 4.25. The molecule has 6 nitrogen and oxygen atoms in total. The Kier molecular flexibility index (Phi) is 5.82. The number of hydrazone groups is 1. The van der Waals surface area contributed by atoms with Crippen LogP contribution in [0.3, 0.4) is 0 Å². The molecule has 2 aromatic heterocycles. The minimum atomic E-state index is -0.433. The van der Waals surface area contributed by atoms with E-state index in [4.69, 9.17) is 4.74 Å². The number of nitrogens with one attached hydrogen (secondary N) is 1. The molecule has 0 aliphatic rings. The summed E-state index contributed by atoms with van der Waals surface area (Å²) in [7, 11) is 0. The summed E-state index contributed by atoms with van der Waals surface area (Å²) in [5.41, 5.74) is 4.52. The Morgan fingerprint density at radius 1 is 0.933 bits per heavy atom. The van der Waals surface area contributed by atoms with Gasteiger partial charge in [0.1, 0.15) is 10.6 Å². The van der Waals surface area contributed by atoms with Crippen LogP contribution in [0.4, 0.5) is 0 Å². The number of esters is 1. The maximum absolute atomic E-state index is 12.3. The van der Waals surface area contributed by atoms with Gasteiger partial charge in [0, 0.05) is 29.2 Å². The van der Waals surface area contributed by atoms with Gasteiger partial charge in [-0.2, -0.15) is 5.10 Å². The molecule has 2 heterocycles. The van der Waals surface area contributed by atoms with Crippen LogP contribution in [0.2, 0.25) is 0 Å². The fourth-order valence-electron chi connectivity index (χ4n) is 2.74. The van der Waals surface area contributed by atoms with Crippen molar-refractivity contribution in [3.05, 3.63) is 107 Å². The monoisotopic (exact) mass is 415 g/mol. The van der Waals surface area contributed by atoms with Crippen LogP contribution in [-0.4, -0.2) is 22.7 Å². The second-order valence-corrected chi connectivity index (χ2v) is 7.19. The van der Waals surface area contributed by atoms with E-state index in [1.807, 2.05) is 46.6 Å². The number of nitrogens with zero attached hydrogens (tertiary/aromatic N) is 2. The smallest absolute Gasteiger partial charge is 0.353 e. The third kappa shape index (κ3) is 4.53. The second kappa shape index (κ2) is 9.02. The average molecular weight is 415 g/mol. The number of aromatic nitrogens is 1. The van der Waals surface area contributed by atoms with Crippen molar-refractivity contribution in [1.82, 2.24) is 9.99 Å². The quantitative estimate of drug-likeness (QED) is 0.218. The molecule has 148 valence electrons. The van der Waals surface area contributed by atoms with Crippen LogP contribution in [0.5, 0.6) is 5.75 Å². The van der Waals surface area contributed by atoms with Crippen molar-refractivity contribution in [2.45, 2.75) is 0 Å². The molecule has 1 amide bonds. The minimum Gasteiger partial charge on any atom is -0.422 e. The highest BCUT2D eigenvalue weighted by molar-refractivity contribution is 7.12. The number of carbonyl (C=O) groups is 2. The number of ether oxygens (including phenoxy) is 1. The summed E-state index contributed by atoms with van der Waals surface area (Å²) in [5.74, 6) is -0.402. The molecular weight excluding hydrogens is 398 g/mol. The molecule has 0 radical (unpaired) electrons. The Bertz CT molecular complexity index is 1160. The first-order valence-electron chi connectivity index (χ1n) is 9.12. The van der Waals surface area contributed by atoms with E-state index >= 15 is 0 Å². The molecule has 4 rings (SSSR count). The molecule has 0 aliphatic heterocycles. The number of rotatable bonds is 6. The van der Waals surface area contributed by atoms with Gasteiger partial charge in [0.15, 0.2) is 0 Å². The van der Waals surface area contributed by atoms with Crippen LogP contribution in [0.1, 0.15) is 25.6 Å². The van der Waals surface area contributed by atoms with Gasteiger partial charge in [-0.3, -0.25) is 4.79 Å². The van der Waals surface area contributed by atoms with E-state index in [0.717, 1.165) is 5.69 Å². The zero-order valence-corrected chi connectivity index (χ0v) is 16.6. The van der Waals surface area contributed by atoms with Crippen molar-refractivity contribution in [3.63, 3.8) is 0 Å². The molecule has 0 fully saturated rings. The average Bonchev–Trinajstić information content (AvgIpc) is 3.49. The largest absolute Gasteiger partial charge is 0.422 e. The lowest BCUT2D eigenvalue weighted by Gasteiger charge is -2.06. The number of para-hydroxylation sites is 1.